The van der Waals surface area contributed by atoms with Gasteiger partial charge in [-0.05, 0) is 19.5 Å². The Morgan fingerprint density at radius 3 is 2.44 bits per heavy atom. The first-order chi connectivity index (χ1) is 8.45. The second kappa shape index (κ2) is 6.85. The molecule has 3 unspecified atom stereocenters. The largest absolute Gasteiger partial charge is 0.390 e. The van der Waals surface area contributed by atoms with Crippen LogP contribution >= 0.6 is 0 Å². The Kier molecular flexibility index (Phi) is 6.05. The maximum absolute atomic E-state index is 10.0. The molecule has 0 amide bonds. The van der Waals surface area contributed by atoms with E-state index in [0.29, 0.717) is 18.7 Å². The van der Waals surface area contributed by atoms with Crippen molar-refractivity contribution in [2.24, 2.45) is 5.41 Å². The Hall–Kier alpha value is -0.160. The number of likely N-dealkylation sites (N-methyl/N-ethyl adjacent to an activating group) is 1. The molecule has 4 nitrogen and oxygen atoms in total. The molecule has 4 heteroatoms. The van der Waals surface area contributed by atoms with Crippen LogP contribution in [-0.2, 0) is 4.74 Å². The number of nitrogens with zero attached hydrogens (tertiary/aromatic N) is 1. The number of methoxy groups -OCH3 is 1. The molecule has 108 valence electrons. The molecule has 0 bridgehead atoms. The second-order valence-corrected chi connectivity index (χ2v) is 5.88. The van der Waals surface area contributed by atoms with Gasteiger partial charge in [-0.25, -0.2) is 0 Å². The Morgan fingerprint density at radius 2 is 2.00 bits per heavy atom. The van der Waals surface area contributed by atoms with Crippen molar-refractivity contribution in [2.45, 2.75) is 52.4 Å². The van der Waals surface area contributed by atoms with E-state index in [1.54, 1.807) is 7.11 Å². The number of rotatable bonds is 8. The fraction of sp³-hybridized carbons (Fsp3) is 1.00. The Morgan fingerprint density at radius 1 is 1.39 bits per heavy atom. The summed E-state index contributed by atoms with van der Waals surface area (Å²) in [6.45, 7) is 12.1. The van der Waals surface area contributed by atoms with Gasteiger partial charge >= 0.3 is 0 Å². The van der Waals surface area contributed by atoms with Crippen LogP contribution in [0.4, 0.5) is 0 Å². The lowest BCUT2D eigenvalue weighted by Gasteiger charge is -2.51. The molecule has 1 aliphatic rings. The summed E-state index contributed by atoms with van der Waals surface area (Å²) in [5.74, 6) is 0. The van der Waals surface area contributed by atoms with Crippen molar-refractivity contribution in [2.75, 3.05) is 33.3 Å². The van der Waals surface area contributed by atoms with Crippen molar-refractivity contribution in [1.29, 1.82) is 0 Å². The van der Waals surface area contributed by atoms with Gasteiger partial charge in [0.15, 0.2) is 0 Å². The Balaban J connectivity index is 2.25. The Labute approximate surface area is 112 Å². The fourth-order valence-corrected chi connectivity index (χ4v) is 2.75. The maximum Gasteiger partial charge on any atom is 0.0791 e. The van der Waals surface area contributed by atoms with Gasteiger partial charge in [-0.2, -0.15) is 0 Å². The second-order valence-electron chi connectivity index (χ2n) is 5.88. The lowest BCUT2D eigenvalue weighted by molar-refractivity contribution is -0.0994. The topological polar surface area (TPSA) is 44.7 Å². The molecule has 2 N–H and O–H groups in total. The van der Waals surface area contributed by atoms with Crippen LogP contribution in [0.5, 0.6) is 0 Å². The lowest BCUT2D eigenvalue weighted by Crippen LogP contribution is -2.61. The smallest absolute Gasteiger partial charge is 0.0791 e. The predicted molar refractivity (Wildman–Crippen MR) is 74.8 cm³/mol. The van der Waals surface area contributed by atoms with E-state index in [9.17, 15) is 5.11 Å². The minimum absolute atomic E-state index is 0.170. The highest BCUT2D eigenvalue weighted by molar-refractivity contribution is 5.02. The monoisotopic (exact) mass is 258 g/mol. The average molecular weight is 258 g/mol. The van der Waals surface area contributed by atoms with Gasteiger partial charge in [0.2, 0.25) is 0 Å². The lowest BCUT2D eigenvalue weighted by atomic mass is 9.64. The molecule has 1 aliphatic carbocycles. The third kappa shape index (κ3) is 3.67. The zero-order chi connectivity index (χ0) is 13.8. The molecule has 1 rings (SSSR count). The number of aliphatic hydroxyl groups is 1. The predicted octanol–water partition coefficient (Wildman–Crippen LogP) is 1.09. The number of hydrogen-bond acceptors (Lipinski definition) is 4. The van der Waals surface area contributed by atoms with Crippen LogP contribution in [0.1, 0.15) is 34.1 Å². The van der Waals surface area contributed by atoms with Crippen LogP contribution < -0.4 is 5.32 Å². The van der Waals surface area contributed by atoms with Crippen molar-refractivity contribution in [1.82, 2.24) is 10.2 Å². The zero-order valence-electron chi connectivity index (χ0n) is 12.6. The molecule has 0 aromatic heterocycles. The molecule has 0 aromatic carbocycles. The van der Waals surface area contributed by atoms with Crippen molar-refractivity contribution in [3.05, 3.63) is 0 Å². The van der Waals surface area contributed by atoms with Crippen molar-refractivity contribution < 1.29 is 9.84 Å². The SMILES string of the molecule is CCN(CC)CC(O)CNC1CC(OC)C1(C)C. The molecule has 18 heavy (non-hydrogen) atoms. The first kappa shape index (κ1) is 15.9. The molecular formula is C14H30N2O2. The quantitative estimate of drug-likeness (QED) is 0.684. The van der Waals surface area contributed by atoms with E-state index in [1.807, 2.05) is 0 Å². The van der Waals surface area contributed by atoms with E-state index in [1.165, 1.54) is 0 Å². The molecule has 0 radical (unpaired) electrons. The van der Waals surface area contributed by atoms with E-state index in [2.05, 4.69) is 37.9 Å². The van der Waals surface area contributed by atoms with Crippen LogP contribution in [0, 0.1) is 5.41 Å². The summed E-state index contributed by atoms with van der Waals surface area (Å²) in [5, 5.41) is 13.5. The number of aliphatic hydroxyl groups excluding tert-OH is 1. The summed E-state index contributed by atoms with van der Waals surface area (Å²) in [7, 11) is 1.78. The summed E-state index contributed by atoms with van der Waals surface area (Å²) in [6, 6.07) is 0.453. The highest BCUT2D eigenvalue weighted by atomic mass is 16.5. The van der Waals surface area contributed by atoms with Crippen molar-refractivity contribution >= 4 is 0 Å². The van der Waals surface area contributed by atoms with Gasteiger partial charge in [-0.3, -0.25) is 0 Å². The molecule has 1 fully saturated rings. The minimum atomic E-state index is -0.290. The van der Waals surface area contributed by atoms with Crippen LogP contribution in [0.15, 0.2) is 0 Å². The third-order valence-electron chi connectivity index (χ3n) is 4.43. The van der Waals surface area contributed by atoms with Gasteiger partial charge in [0, 0.05) is 31.7 Å². The number of nitrogens with one attached hydrogen (secondary N) is 1. The first-order valence-electron chi connectivity index (χ1n) is 7.12. The van der Waals surface area contributed by atoms with E-state index in [-0.39, 0.29) is 11.5 Å². The molecule has 0 saturated heterocycles. The summed E-state index contributed by atoms with van der Waals surface area (Å²) < 4.78 is 5.43. The Bertz CT molecular complexity index is 242. The third-order valence-corrected chi connectivity index (χ3v) is 4.43. The van der Waals surface area contributed by atoms with Crippen LogP contribution in [0.25, 0.3) is 0 Å². The van der Waals surface area contributed by atoms with E-state index < -0.39 is 0 Å². The van der Waals surface area contributed by atoms with Gasteiger partial charge in [0.05, 0.1) is 12.2 Å². The van der Waals surface area contributed by atoms with Gasteiger partial charge < -0.3 is 20.1 Å². The fourth-order valence-electron chi connectivity index (χ4n) is 2.75. The van der Waals surface area contributed by atoms with Crippen LogP contribution in [0.2, 0.25) is 0 Å². The molecule has 0 heterocycles. The highest BCUT2D eigenvalue weighted by Crippen LogP contribution is 2.42. The van der Waals surface area contributed by atoms with Crippen LogP contribution in [-0.4, -0.2) is 61.5 Å². The molecule has 0 spiro atoms. The highest BCUT2D eigenvalue weighted by Gasteiger charge is 2.48. The normalized spacial score (nSPS) is 28.2. The van der Waals surface area contributed by atoms with Gasteiger partial charge in [0.1, 0.15) is 0 Å². The molecular weight excluding hydrogens is 228 g/mol. The molecule has 0 aromatic rings. The summed E-state index contributed by atoms with van der Waals surface area (Å²) in [4.78, 5) is 2.25. The molecule has 3 atom stereocenters. The van der Waals surface area contributed by atoms with Gasteiger partial charge in [-0.15, -0.1) is 0 Å². The van der Waals surface area contributed by atoms with Gasteiger partial charge in [0.25, 0.3) is 0 Å². The number of ether oxygens (including phenoxy) is 1. The zero-order valence-corrected chi connectivity index (χ0v) is 12.6. The summed E-state index contributed by atoms with van der Waals surface area (Å²) in [6.07, 6.45) is 1.10. The molecule has 1 saturated carbocycles. The van der Waals surface area contributed by atoms with Crippen LogP contribution in [0.3, 0.4) is 0 Å². The first-order valence-corrected chi connectivity index (χ1v) is 7.12. The van der Waals surface area contributed by atoms with E-state index >= 15 is 0 Å². The number of hydrogen-bond donors (Lipinski definition) is 2. The standard InChI is InChI=1S/C14H30N2O2/c1-6-16(7-2)10-11(17)9-15-12-8-13(18-5)14(12,3)4/h11-13,15,17H,6-10H2,1-5H3. The summed E-state index contributed by atoms with van der Waals surface area (Å²) >= 11 is 0. The van der Waals surface area contributed by atoms with Crippen molar-refractivity contribution in [3.63, 3.8) is 0 Å². The van der Waals surface area contributed by atoms with E-state index in [4.69, 9.17) is 4.74 Å². The molecule has 0 aliphatic heterocycles. The minimum Gasteiger partial charge on any atom is -0.390 e. The van der Waals surface area contributed by atoms with E-state index in [0.717, 1.165) is 26.1 Å². The van der Waals surface area contributed by atoms with Crippen molar-refractivity contribution in [3.8, 4) is 0 Å². The maximum atomic E-state index is 10.0. The average Bonchev–Trinajstić information content (AvgIpc) is 2.34. The summed E-state index contributed by atoms with van der Waals surface area (Å²) in [5.41, 5.74) is 0.170. The van der Waals surface area contributed by atoms with Gasteiger partial charge in [-0.1, -0.05) is 27.7 Å².